The number of rotatable bonds is 6. The largest absolute Gasteiger partial charge is 0.282 e. The molecule has 3 aromatic carbocycles. The summed E-state index contributed by atoms with van der Waals surface area (Å²) in [4.78, 5) is -1.32. The van der Waals surface area contributed by atoms with Crippen molar-refractivity contribution in [3.63, 3.8) is 0 Å². The van der Waals surface area contributed by atoms with Crippen LogP contribution in [0.2, 0.25) is 0 Å². The quantitative estimate of drug-likeness (QED) is 0.346. The van der Waals surface area contributed by atoms with Crippen LogP contribution >= 0.6 is 47.8 Å². The molecule has 0 radical (unpaired) electrons. The van der Waals surface area contributed by atoms with Crippen molar-refractivity contribution in [3.05, 3.63) is 86.2 Å². The SMILES string of the molecule is CC(S(=O)(=O)c1ccc(Br)cc1)(S(=O)(=O)c1ccc(Br)cc1)S(=O)(=O)c1ccc(Br)cc1. The number of sulfone groups is 3. The number of hydrogen-bond acceptors (Lipinski definition) is 6. The molecule has 0 bridgehead atoms. The molecule has 0 aliphatic heterocycles. The van der Waals surface area contributed by atoms with Crippen molar-refractivity contribution >= 4 is 77.3 Å². The lowest BCUT2D eigenvalue weighted by molar-refractivity contribution is 0.554. The van der Waals surface area contributed by atoms with Crippen molar-refractivity contribution in [2.45, 2.75) is 25.0 Å². The minimum absolute atomic E-state index is 0.440. The van der Waals surface area contributed by atoms with Gasteiger partial charge in [-0.25, -0.2) is 25.3 Å². The molecular weight excluding hydrogens is 672 g/mol. The van der Waals surface area contributed by atoms with Crippen LogP contribution in [-0.4, -0.2) is 28.7 Å². The van der Waals surface area contributed by atoms with Crippen molar-refractivity contribution < 1.29 is 25.3 Å². The Bertz CT molecular complexity index is 1280. The van der Waals surface area contributed by atoms with Gasteiger partial charge < -0.3 is 0 Å². The molecule has 0 aliphatic carbocycles. The van der Waals surface area contributed by atoms with E-state index in [2.05, 4.69) is 47.8 Å². The van der Waals surface area contributed by atoms with Crippen molar-refractivity contribution in [2.75, 3.05) is 0 Å². The Hall–Kier alpha value is -1.05. The average Bonchev–Trinajstić information content (AvgIpc) is 2.73. The van der Waals surface area contributed by atoms with E-state index < -0.39 is 47.6 Å². The Morgan fingerprint density at radius 1 is 0.469 bits per heavy atom. The highest BCUT2D eigenvalue weighted by atomic mass is 79.9. The standard InChI is InChI=1S/C20H15Br3O6S3/c1-20(30(24,25)17-8-2-14(21)3-9-17,31(26,27)18-10-4-15(22)5-11-18)32(28,29)19-12-6-16(23)7-13-19/h2-13H,1H3. The third-order valence-electron chi connectivity index (χ3n) is 4.84. The summed E-state index contributed by atoms with van der Waals surface area (Å²) in [6, 6.07) is 15.3. The Morgan fingerprint density at radius 2 is 0.656 bits per heavy atom. The predicted molar refractivity (Wildman–Crippen MR) is 132 cm³/mol. The summed E-state index contributed by atoms with van der Waals surface area (Å²) in [7, 11) is -14.9. The molecule has 3 aromatic rings. The molecule has 0 unspecified atom stereocenters. The Kier molecular flexibility index (Phi) is 7.15. The van der Waals surface area contributed by atoms with Crippen molar-refractivity contribution in [2.24, 2.45) is 0 Å². The summed E-state index contributed by atoms with van der Waals surface area (Å²) in [5.41, 5.74) is 0. The van der Waals surface area contributed by atoms with Gasteiger partial charge in [-0.05, 0) is 79.7 Å². The van der Waals surface area contributed by atoms with Gasteiger partial charge in [-0.15, -0.1) is 0 Å². The molecule has 0 saturated carbocycles. The smallest absolute Gasteiger partial charge is 0.221 e. The molecule has 170 valence electrons. The molecule has 0 saturated heterocycles. The van der Waals surface area contributed by atoms with E-state index >= 15 is 0 Å². The van der Waals surface area contributed by atoms with Gasteiger partial charge >= 0.3 is 0 Å². The summed E-state index contributed by atoms with van der Waals surface area (Å²) in [6.07, 6.45) is 0. The van der Waals surface area contributed by atoms with Crippen LogP contribution in [-0.2, 0) is 29.5 Å². The van der Waals surface area contributed by atoms with E-state index in [1.54, 1.807) is 0 Å². The third kappa shape index (κ3) is 4.14. The first-order valence-corrected chi connectivity index (χ1v) is 15.6. The molecule has 0 amide bonds. The molecule has 0 spiro atoms. The van der Waals surface area contributed by atoms with Gasteiger partial charge in [0, 0.05) is 13.4 Å². The summed E-state index contributed by atoms with van der Waals surface area (Å²) in [6.45, 7) is 0.721. The van der Waals surface area contributed by atoms with Crippen molar-refractivity contribution in [1.82, 2.24) is 0 Å². The van der Waals surface area contributed by atoms with Gasteiger partial charge in [0.2, 0.25) is 29.5 Å². The lowest BCUT2D eigenvalue weighted by Gasteiger charge is -2.29. The lowest BCUT2D eigenvalue weighted by Crippen LogP contribution is -2.50. The number of hydrogen-bond donors (Lipinski definition) is 0. The fraction of sp³-hybridized carbons (Fsp3) is 0.100. The first kappa shape index (κ1) is 25.6. The fourth-order valence-electron chi connectivity index (χ4n) is 2.92. The molecular formula is C20H15Br3O6S3. The molecule has 12 heteroatoms. The maximum atomic E-state index is 13.7. The summed E-state index contributed by atoms with van der Waals surface area (Å²) >= 11 is 9.57. The lowest BCUT2D eigenvalue weighted by atomic mass is 10.4. The Balaban J connectivity index is 2.42. The van der Waals surface area contributed by atoms with Gasteiger partial charge in [0.25, 0.3) is 3.41 Å². The second-order valence-electron chi connectivity index (χ2n) is 6.73. The van der Waals surface area contributed by atoms with E-state index in [0.717, 1.165) is 43.3 Å². The second kappa shape index (κ2) is 8.95. The van der Waals surface area contributed by atoms with Crippen LogP contribution in [0.1, 0.15) is 6.92 Å². The molecule has 0 N–H and O–H groups in total. The summed E-state index contributed by atoms with van der Waals surface area (Å²) in [5, 5.41) is 0. The molecule has 0 aliphatic rings. The van der Waals surface area contributed by atoms with Crippen LogP contribution < -0.4 is 0 Å². The van der Waals surface area contributed by atoms with Crippen LogP contribution in [0.15, 0.2) is 101 Å². The molecule has 32 heavy (non-hydrogen) atoms. The first-order valence-electron chi connectivity index (χ1n) is 8.76. The molecule has 0 fully saturated rings. The van der Waals surface area contributed by atoms with Crippen LogP contribution in [0, 0.1) is 0 Å². The van der Waals surface area contributed by atoms with E-state index in [0.29, 0.717) is 13.4 Å². The van der Waals surface area contributed by atoms with E-state index in [1.165, 1.54) is 36.4 Å². The fourth-order valence-corrected chi connectivity index (χ4v) is 11.7. The number of benzene rings is 3. The highest BCUT2D eigenvalue weighted by molar-refractivity contribution is 9.11. The molecule has 0 aromatic heterocycles. The maximum Gasteiger partial charge on any atom is 0.282 e. The van der Waals surface area contributed by atoms with E-state index in [9.17, 15) is 25.3 Å². The van der Waals surface area contributed by atoms with Gasteiger partial charge in [-0.1, -0.05) is 47.8 Å². The topological polar surface area (TPSA) is 102 Å². The zero-order valence-electron chi connectivity index (χ0n) is 16.2. The van der Waals surface area contributed by atoms with Crippen LogP contribution in [0.5, 0.6) is 0 Å². The van der Waals surface area contributed by atoms with Gasteiger partial charge in [0.15, 0.2) is 0 Å². The molecule has 0 atom stereocenters. The van der Waals surface area contributed by atoms with Gasteiger partial charge in [0.1, 0.15) is 0 Å². The molecule has 0 heterocycles. The predicted octanol–water partition coefficient (Wildman–Crippen LogP) is 5.37. The van der Waals surface area contributed by atoms with Crippen LogP contribution in [0.3, 0.4) is 0 Å². The Labute approximate surface area is 212 Å². The van der Waals surface area contributed by atoms with Crippen LogP contribution in [0.25, 0.3) is 0 Å². The monoisotopic (exact) mass is 684 g/mol. The van der Waals surface area contributed by atoms with Crippen molar-refractivity contribution in [1.29, 1.82) is 0 Å². The van der Waals surface area contributed by atoms with E-state index in [4.69, 9.17) is 0 Å². The van der Waals surface area contributed by atoms with Gasteiger partial charge in [-0.2, -0.15) is 0 Å². The normalized spacial score (nSPS) is 13.1. The highest BCUT2D eigenvalue weighted by Crippen LogP contribution is 2.43. The highest BCUT2D eigenvalue weighted by Gasteiger charge is 2.62. The van der Waals surface area contributed by atoms with Gasteiger partial charge in [-0.3, -0.25) is 0 Å². The first-order chi connectivity index (χ1) is 14.7. The van der Waals surface area contributed by atoms with E-state index in [1.807, 2.05) is 0 Å². The van der Waals surface area contributed by atoms with Crippen LogP contribution in [0.4, 0.5) is 0 Å². The minimum atomic E-state index is -4.97. The molecule has 6 nitrogen and oxygen atoms in total. The zero-order chi connectivity index (χ0) is 23.9. The summed E-state index contributed by atoms with van der Waals surface area (Å²) in [5.74, 6) is 0. The minimum Gasteiger partial charge on any atom is -0.221 e. The second-order valence-corrected chi connectivity index (χ2v) is 17.1. The number of halogens is 3. The average molecular weight is 687 g/mol. The van der Waals surface area contributed by atoms with E-state index in [-0.39, 0.29) is 0 Å². The Morgan fingerprint density at radius 3 is 0.844 bits per heavy atom. The van der Waals surface area contributed by atoms with Crippen molar-refractivity contribution in [3.8, 4) is 0 Å². The zero-order valence-corrected chi connectivity index (χ0v) is 23.4. The molecule has 3 rings (SSSR count). The third-order valence-corrected chi connectivity index (χ3v) is 16.0. The summed E-state index contributed by atoms with van der Waals surface area (Å²) < 4.78 is 80.9. The maximum absolute atomic E-state index is 13.7. The van der Waals surface area contributed by atoms with Gasteiger partial charge in [0.05, 0.1) is 14.7 Å².